The lowest BCUT2D eigenvalue weighted by molar-refractivity contribution is -0.120. The Hall–Kier alpha value is -1.53. The van der Waals surface area contributed by atoms with E-state index in [1.54, 1.807) is 6.07 Å². The number of Topliss-reactive ketones (excluding diaryl/α,β-unsaturated/α-hetero) is 1. The van der Waals surface area contributed by atoms with Gasteiger partial charge in [0.2, 0.25) is 0 Å². The molecule has 3 nitrogen and oxygen atoms in total. The van der Waals surface area contributed by atoms with Gasteiger partial charge in [-0.25, -0.2) is 0 Å². The smallest absolute Gasteiger partial charge is 0.134 e. The van der Waals surface area contributed by atoms with Gasteiger partial charge in [0.15, 0.2) is 0 Å². The zero-order chi connectivity index (χ0) is 13.8. The maximum atomic E-state index is 11.6. The summed E-state index contributed by atoms with van der Waals surface area (Å²) in [5.41, 5.74) is 1.48. The van der Waals surface area contributed by atoms with Gasteiger partial charge in [0.1, 0.15) is 11.9 Å². The Morgan fingerprint density at radius 1 is 1.53 bits per heavy atom. The third kappa shape index (κ3) is 3.08. The average molecular weight is 277 g/mol. The van der Waals surface area contributed by atoms with Gasteiger partial charge in [0.25, 0.3) is 0 Å². The van der Waals surface area contributed by atoms with E-state index in [1.165, 1.54) is 0 Å². The molecule has 1 unspecified atom stereocenters. The van der Waals surface area contributed by atoms with Crippen LogP contribution in [0.15, 0.2) is 18.2 Å². The quantitative estimate of drug-likeness (QED) is 0.848. The van der Waals surface area contributed by atoms with Crippen LogP contribution < -0.4 is 4.90 Å². The predicted octanol–water partition coefficient (Wildman–Crippen LogP) is 3.55. The minimum atomic E-state index is 0.259. The lowest BCUT2D eigenvalue weighted by Gasteiger charge is -2.35. The fourth-order valence-corrected chi connectivity index (χ4v) is 2.91. The van der Waals surface area contributed by atoms with Crippen molar-refractivity contribution in [3.8, 4) is 6.07 Å². The number of anilines is 1. The van der Waals surface area contributed by atoms with Gasteiger partial charge in [-0.2, -0.15) is 5.26 Å². The van der Waals surface area contributed by atoms with Gasteiger partial charge in [-0.3, -0.25) is 4.79 Å². The van der Waals surface area contributed by atoms with Gasteiger partial charge in [-0.05, 0) is 38.0 Å². The monoisotopic (exact) mass is 276 g/mol. The molecule has 0 amide bonds. The number of halogens is 1. The predicted molar refractivity (Wildman–Crippen MR) is 76.5 cm³/mol. The Morgan fingerprint density at radius 2 is 2.32 bits per heavy atom. The van der Waals surface area contributed by atoms with E-state index < -0.39 is 0 Å². The number of rotatable bonds is 3. The van der Waals surface area contributed by atoms with E-state index in [0.717, 1.165) is 25.1 Å². The molecule has 100 valence electrons. The van der Waals surface area contributed by atoms with E-state index in [1.807, 2.05) is 12.1 Å². The molecule has 0 bridgehead atoms. The summed E-state index contributed by atoms with van der Waals surface area (Å²) in [4.78, 5) is 13.8. The van der Waals surface area contributed by atoms with Gasteiger partial charge >= 0.3 is 0 Å². The van der Waals surface area contributed by atoms with E-state index in [9.17, 15) is 4.79 Å². The summed E-state index contributed by atoms with van der Waals surface area (Å²) in [5, 5.41) is 9.37. The van der Waals surface area contributed by atoms with E-state index in [0.29, 0.717) is 29.2 Å². The first-order valence-corrected chi connectivity index (χ1v) is 7.01. The summed E-state index contributed by atoms with van der Waals surface area (Å²) in [6.45, 7) is 2.91. The van der Waals surface area contributed by atoms with Crippen LogP contribution in [0.25, 0.3) is 0 Å². The summed E-state index contributed by atoms with van der Waals surface area (Å²) < 4.78 is 0. The summed E-state index contributed by atoms with van der Waals surface area (Å²) in [5.74, 6) is 0.342. The molecule has 1 fully saturated rings. The Labute approximate surface area is 118 Å². The van der Waals surface area contributed by atoms with Crippen molar-refractivity contribution in [2.75, 3.05) is 11.4 Å². The number of hydrogen-bond donors (Lipinski definition) is 0. The highest BCUT2D eigenvalue weighted by Crippen LogP contribution is 2.29. The summed E-state index contributed by atoms with van der Waals surface area (Å²) in [7, 11) is 0. The van der Waals surface area contributed by atoms with Crippen molar-refractivity contribution in [1.82, 2.24) is 0 Å². The van der Waals surface area contributed by atoms with Crippen LogP contribution in [-0.4, -0.2) is 18.4 Å². The van der Waals surface area contributed by atoms with Crippen molar-refractivity contribution >= 4 is 23.1 Å². The molecule has 1 aliphatic rings. The van der Waals surface area contributed by atoms with Crippen molar-refractivity contribution in [1.29, 1.82) is 5.26 Å². The largest absolute Gasteiger partial charge is 0.368 e. The Balaban J connectivity index is 2.24. The lowest BCUT2D eigenvalue weighted by atomic mass is 9.92. The van der Waals surface area contributed by atoms with Crippen molar-refractivity contribution in [3.63, 3.8) is 0 Å². The molecule has 0 spiro atoms. The van der Waals surface area contributed by atoms with Crippen LogP contribution >= 0.6 is 11.6 Å². The van der Waals surface area contributed by atoms with Gasteiger partial charge < -0.3 is 4.90 Å². The summed E-state index contributed by atoms with van der Waals surface area (Å²) in [6, 6.07) is 7.79. The van der Waals surface area contributed by atoms with Crippen molar-refractivity contribution in [2.24, 2.45) is 0 Å². The molecule has 0 N–H and O–H groups in total. The van der Waals surface area contributed by atoms with Crippen LogP contribution in [0.5, 0.6) is 0 Å². The SMILES string of the molecule is CCN(c1ccc(C#N)c(Cl)c1)C1CCCC(=O)C1. The fourth-order valence-electron chi connectivity index (χ4n) is 2.69. The first kappa shape index (κ1) is 13.9. The first-order valence-electron chi connectivity index (χ1n) is 6.63. The van der Waals surface area contributed by atoms with Crippen molar-refractivity contribution in [2.45, 2.75) is 38.6 Å². The molecule has 1 atom stereocenters. The van der Waals surface area contributed by atoms with E-state index in [2.05, 4.69) is 17.9 Å². The highest BCUT2D eigenvalue weighted by atomic mass is 35.5. The second kappa shape index (κ2) is 6.08. The molecule has 4 heteroatoms. The number of ketones is 1. The van der Waals surface area contributed by atoms with E-state index >= 15 is 0 Å². The molecule has 0 saturated heterocycles. The van der Waals surface area contributed by atoms with Crippen LogP contribution in [0.4, 0.5) is 5.69 Å². The average Bonchev–Trinajstić information content (AvgIpc) is 2.40. The van der Waals surface area contributed by atoms with Crippen LogP contribution in [-0.2, 0) is 4.79 Å². The number of nitrogens with zero attached hydrogens (tertiary/aromatic N) is 2. The van der Waals surface area contributed by atoms with Gasteiger partial charge in [0.05, 0.1) is 10.6 Å². The standard InChI is InChI=1S/C15H17ClN2O/c1-2-18(12-4-3-5-14(19)8-12)13-7-6-11(10-17)15(16)9-13/h6-7,9,12H,2-5,8H2,1H3. The van der Waals surface area contributed by atoms with Crippen LogP contribution in [0.3, 0.4) is 0 Å². The minimum Gasteiger partial charge on any atom is -0.368 e. The molecule has 0 heterocycles. The molecule has 1 saturated carbocycles. The van der Waals surface area contributed by atoms with Crippen LogP contribution in [0.1, 0.15) is 38.2 Å². The Kier molecular flexibility index (Phi) is 4.44. The van der Waals surface area contributed by atoms with Gasteiger partial charge in [-0.15, -0.1) is 0 Å². The summed E-state index contributed by atoms with van der Waals surface area (Å²) in [6.07, 6.45) is 3.33. The number of carbonyl (C=O) groups excluding carboxylic acids is 1. The third-order valence-electron chi connectivity index (χ3n) is 3.64. The molecule has 1 aliphatic carbocycles. The highest BCUT2D eigenvalue weighted by Gasteiger charge is 2.24. The molecule has 1 aromatic carbocycles. The van der Waals surface area contributed by atoms with Crippen molar-refractivity contribution < 1.29 is 4.79 Å². The zero-order valence-electron chi connectivity index (χ0n) is 11.0. The molecule has 19 heavy (non-hydrogen) atoms. The molecular formula is C15H17ClN2O. The third-order valence-corrected chi connectivity index (χ3v) is 3.96. The van der Waals surface area contributed by atoms with Gasteiger partial charge in [-0.1, -0.05) is 11.6 Å². The zero-order valence-corrected chi connectivity index (χ0v) is 11.8. The van der Waals surface area contributed by atoms with Crippen LogP contribution in [0, 0.1) is 11.3 Å². The topological polar surface area (TPSA) is 44.1 Å². The maximum Gasteiger partial charge on any atom is 0.134 e. The molecule has 1 aromatic rings. The lowest BCUT2D eigenvalue weighted by Crippen LogP contribution is -2.39. The highest BCUT2D eigenvalue weighted by molar-refractivity contribution is 6.32. The fraction of sp³-hybridized carbons (Fsp3) is 0.467. The number of carbonyl (C=O) groups is 1. The molecule has 0 aromatic heterocycles. The number of benzene rings is 1. The van der Waals surface area contributed by atoms with E-state index in [-0.39, 0.29) is 6.04 Å². The molecular weight excluding hydrogens is 260 g/mol. The molecule has 0 radical (unpaired) electrons. The second-order valence-electron chi connectivity index (χ2n) is 4.85. The Morgan fingerprint density at radius 3 is 2.89 bits per heavy atom. The number of nitriles is 1. The maximum absolute atomic E-state index is 11.6. The Bertz CT molecular complexity index is 521. The first-order chi connectivity index (χ1) is 9.15. The normalized spacial score (nSPS) is 19.0. The minimum absolute atomic E-state index is 0.259. The molecule has 0 aliphatic heterocycles. The van der Waals surface area contributed by atoms with Crippen molar-refractivity contribution in [3.05, 3.63) is 28.8 Å². The molecule has 2 rings (SSSR count). The van der Waals surface area contributed by atoms with Gasteiger partial charge in [0, 0.05) is 31.1 Å². The second-order valence-corrected chi connectivity index (χ2v) is 5.26. The number of hydrogen-bond acceptors (Lipinski definition) is 3. The van der Waals surface area contributed by atoms with Crippen LogP contribution in [0.2, 0.25) is 5.02 Å². The summed E-state index contributed by atoms with van der Waals surface area (Å²) >= 11 is 6.08. The van der Waals surface area contributed by atoms with E-state index in [4.69, 9.17) is 16.9 Å².